The number of nitrogens with zero attached hydrogens (tertiary/aromatic N) is 2. The number of ether oxygens (including phenoxy) is 1. The van der Waals surface area contributed by atoms with Gasteiger partial charge in [-0.3, -0.25) is 9.59 Å². The maximum Gasteiger partial charge on any atom is 0.259 e. The van der Waals surface area contributed by atoms with Crippen molar-refractivity contribution in [2.45, 2.75) is 18.8 Å². The summed E-state index contributed by atoms with van der Waals surface area (Å²) in [5, 5.41) is 24.6. The van der Waals surface area contributed by atoms with Gasteiger partial charge in [-0.2, -0.15) is 0 Å². The molecule has 0 unspecified atom stereocenters. The molecule has 2 aromatic carbocycles. The van der Waals surface area contributed by atoms with Crippen LogP contribution in [0.25, 0.3) is 10.8 Å². The average molecular weight is 424 g/mol. The molecule has 31 heavy (non-hydrogen) atoms. The third kappa shape index (κ3) is 3.98. The van der Waals surface area contributed by atoms with Gasteiger partial charge in [-0.25, -0.2) is 0 Å². The second kappa shape index (κ2) is 8.38. The van der Waals surface area contributed by atoms with Crippen molar-refractivity contribution in [1.29, 1.82) is 0 Å². The molecule has 0 spiro atoms. The van der Waals surface area contributed by atoms with Crippen LogP contribution >= 0.6 is 0 Å². The van der Waals surface area contributed by atoms with Crippen molar-refractivity contribution in [1.82, 2.24) is 4.57 Å². The highest BCUT2D eigenvalue weighted by atomic mass is 16.5. The van der Waals surface area contributed by atoms with E-state index in [1.807, 2.05) is 0 Å². The summed E-state index contributed by atoms with van der Waals surface area (Å²) in [4.78, 5) is 27.0. The quantitative estimate of drug-likeness (QED) is 0.485. The average Bonchev–Trinajstić information content (AvgIpc) is 3.06. The van der Waals surface area contributed by atoms with E-state index in [9.17, 15) is 19.8 Å². The van der Waals surface area contributed by atoms with Crippen LogP contribution < -0.4 is 16.0 Å². The van der Waals surface area contributed by atoms with Crippen LogP contribution in [0, 0.1) is 0 Å². The highest BCUT2D eigenvalue weighted by Crippen LogP contribution is 2.31. The standard InChI is InChI=1S/C22H24N4O5/c1-25-12-14-10-16(6-7-17(14)21(25)29)26-8-9-31-19(22(26)30)18(27)20(28)24-15-4-2-13(11-23)3-5-15/h2-7,10,12,18-19,27,29H,8-9,11,23H2,1H3,(H,24,28)/t18-,19-/m1/s1. The first-order valence-electron chi connectivity index (χ1n) is 9.88. The van der Waals surface area contributed by atoms with E-state index < -0.39 is 24.0 Å². The van der Waals surface area contributed by atoms with Gasteiger partial charge in [-0.1, -0.05) is 12.1 Å². The summed E-state index contributed by atoms with van der Waals surface area (Å²) in [5.41, 5.74) is 7.55. The second-order valence-corrected chi connectivity index (χ2v) is 7.45. The van der Waals surface area contributed by atoms with Gasteiger partial charge >= 0.3 is 0 Å². The third-order valence-electron chi connectivity index (χ3n) is 5.39. The van der Waals surface area contributed by atoms with Crippen LogP contribution in [0.5, 0.6) is 5.88 Å². The molecule has 1 aliphatic heterocycles. The Morgan fingerprint density at radius 3 is 2.74 bits per heavy atom. The number of anilines is 2. The highest BCUT2D eigenvalue weighted by Gasteiger charge is 2.39. The lowest BCUT2D eigenvalue weighted by atomic mass is 10.1. The van der Waals surface area contributed by atoms with E-state index in [0.717, 1.165) is 10.9 Å². The summed E-state index contributed by atoms with van der Waals surface area (Å²) in [6.07, 6.45) is -1.24. The summed E-state index contributed by atoms with van der Waals surface area (Å²) >= 11 is 0. The lowest BCUT2D eigenvalue weighted by Gasteiger charge is -2.34. The van der Waals surface area contributed by atoms with Crippen LogP contribution in [0.2, 0.25) is 0 Å². The predicted molar refractivity (Wildman–Crippen MR) is 116 cm³/mol. The Labute approximate surface area is 178 Å². The van der Waals surface area contributed by atoms with E-state index in [1.165, 1.54) is 4.90 Å². The summed E-state index contributed by atoms with van der Waals surface area (Å²) < 4.78 is 7.04. The van der Waals surface area contributed by atoms with E-state index >= 15 is 0 Å². The minimum absolute atomic E-state index is 0.138. The smallest absolute Gasteiger partial charge is 0.259 e. The topological polar surface area (TPSA) is 130 Å². The number of rotatable bonds is 5. The van der Waals surface area contributed by atoms with Crippen molar-refractivity contribution in [3.63, 3.8) is 0 Å². The van der Waals surface area contributed by atoms with Gasteiger partial charge in [-0.15, -0.1) is 0 Å². The van der Waals surface area contributed by atoms with Gasteiger partial charge in [0.25, 0.3) is 11.8 Å². The van der Waals surface area contributed by atoms with Crippen molar-refractivity contribution in [2.75, 3.05) is 23.4 Å². The lowest BCUT2D eigenvalue weighted by Crippen LogP contribution is -2.55. The number of fused-ring (bicyclic) bond motifs is 1. The zero-order valence-electron chi connectivity index (χ0n) is 17.0. The Morgan fingerprint density at radius 1 is 1.29 bits per heavy atom. The molecule has 2 atom stereocenters. The van der Waals surface area contributed by atoms with Gasteiger partial charge < -0.3 is 35.5 Å². The molecule has 0 radical (unpaired) electrons. The fraction of sp³-hybridized carbons (Fsp3) is 0.273. The Balaban J connectivity index is 1.50. The number of aliphatic hydroxyl groups is 1. The first-order valence-corrected chi connectivity index (χ1v) is 9.88. The van der Waals surface area contributed by atoms with Crippen LogP contribution in [0.4, 0.5) is 11.4 Å². The number of carbonyl (C=O) groups excluding carboxylic acids is 2. The number of aromatic hydroxyl groups is 1. The van der Waals surface area contributed by atoms with Crippen LogP contribution in [0.1, 0.15) is 5.56 Å². The van der Waals surface area contributed by atoms with Crippen LogP contribution in [0.3, 0.4) is 0 Å². The van der Waals surface area contributed by atoms with Crippen LogP contribution in [0.15, 0.2) is 48.7 Å². The number of hydrogen-bond donors (Lipinski definition) is 4. The fourth-order valence-electron chi connectivity index (χ4n) is 3.65. The molecule has 1 aliphatic rings. The minimum atomic E-state index is -1.67. The monoisotopic (exact) mass is 424 g/mol. The molecule has 2 amide bonds. The van der Waals surface area contributed by atoms with Gasteiger partial charge in [0.15, 0.2) is 18.1 Å². The van der Waals surface area contributed by atoms with Crippen molar-refractivity contribution < 1.29 is 24.5 Å². The number of aliphatic hydroxyl groups excluding tert-OH is 1. The summed E-state index contributed by atoms with van der Waals surface area (Å²) in [5.74, 6) is -1.10. The number of carbonyl (C=O) groups is 2. The highest BCUT2D eigenvalue weighted by molar-refractivity contribution is 6.04. The normalized spacial score (nSPS) is 17.7. The number of morpholine rings is 1. The molecule has 0 aliphatic carbocycles. The first kappa shape index (κ1) is 20.9. The van der Waals surface area contributed by atoms with E-state index in [0.29, 0.717) is 23.3 Å². The molecule has 1 aromatic heterocycles. The van der Waals surface area contributed by atoms with E-state index in [1.54, 1.807) is 60.3 Å². The number of nitrogens with one attached hydrogen (secondary N) is 1. The Bertz CT molecular complexity index is 1120. The molecule has 5 N–H and O–H groups in total. The van der Waals surface area contributed by atoms with Crippen molar-refractivity contribution >= 4 is 34.0 Å². The van der Waals surface area contributed by atoms with Gasteiger partial charge in [0, 0.05) is 48.5 Å². The minimum Gasteiger partial charge on any atom is -0.494 e. The first-order chi connectivity index (χ1) is 14.9. The Hall–Kier alpha value is -3.40. The zero-order chi connectivity index (χ0) is 22.1. The zero-order valence-corrected chi connectivity index (χ0v) is 17.0. The van der Waals surface area contributed by atoms with Gasteiger partial charge in [0.05, 0.1) is 6.61 Å². The molecule has 162 valence electrons. The molecular formula is C22H24N4O5. The molecule has 0 saturated carbocycles. The number of aromatic nitrogens is 1. The number of hydrogen-bond acceptors (Lipinski definition) is 6. The van der Waals surface area contributed by atoms with E-state index in [-0.39, 0.29) is 19.0 Å². The molecule has 3 aromatic rings. The number of benzene rings is 2. The Kier molecular flexibility index (Phi) is 5.64. The van der Waals surface area contributed by atoms with Gasteiger partial charge in [-0.05, 0) is 35.9 Å². The molecule has 9 nitrogen and oxygen atoms in total. The Morgan fingerprint density at radius 2 is 2.03 bits per heavy atom. The largest absolute Gasteiger partial charge is 0.494 e. The van der Waals surface area contributed by atoms with Crippen LogP contribution in [-0.4, -0.2) is 52.0 Å². The summed E-state index contributed by atoms with van der Waals surface area (Å²) in [7, 11) is 1.73. The van der Waals surface area contributed by atoms with Crippen molar-refractivity contribution in [2.24, 2.45) is 12.8 Å². The number of nitrogens with two attached hydrogens (primary N) is 1. The van der Waals surface area contributed by atoms with Gasteiger partial charge in [0.2, 0.25) is 0 Å². The third-order valence-corrected chi connectivity index (χ3v) is 5.39. The molecule has 4 rings (SSSR count). The maximum absolute atomic E-state index is 13.0. The number of aryl methyl sites for hydroxylation is 1. The fourth-order valence-corrected chi connectivity index (χ4v) is 3.65. The molecular weight excluding hydrogens is 400 g/mol. The molecule has 1 fully saturated rings. The van der Waals surface area contributed by atoms with E-state index in [2.05, 4.69) is 5.32 Å². The predicted octanol–water partition coefficient (Wildman–Crippen LogP) is 1.07. The summed E-state index contributed by atoms with van der Waals surface area (Å²) in [6.45, 7) is 0.837. The van der Waals surface area contributed by atoms with Gasteiger partial charge in [0.1, 0.15) is 0 Å². The molecule has 1 saturated heterocycles. The molecule has 0 bridgehead atoms. The lowest BCUT2D eigenvalue weighted by molar-refractivity contribution is -0.150. The summed E-state index contributed by atoms with van der Waals surface area (Å²) in [6, 6.07) is 12.1. The molecule has 9 heteroatoms. The van der Waals surface area contributed by atoms with Crippen molar-refractivity contribution in [3.05, 3.63) is 54.2 Å². The second-order valence-electron chi connectivity index (χ2n) is 7.45. The maximum atomic E-state index is 13.0. The van der Waals surface area contributed by atoms with Crippen LogP contribution in [-0.2, 0) is 27.9 Å². The van der Waals surface area contributed by atoms with Crippen molar-refractivity contribution in [3.8, 4) is 5.88 Å². The SMILES string of the molecule is Cn1cc2cc(N3CCO[C@H]([C@@H](O)C(=O)Nc4ccc(CN)cc4)C3=O)ccc2c1O. The number of amides is 2. The molecule has 2 heterocycles. The van der Waals surface area contributed by atoms with E-state index in [4.69, 9.17) is 10.5 Å².